The number of benzene rings is 1. The van der Waals surface area contributed by atoms with Crippen LogP contribution < -0.4 is 5.32 Å². The van der Waals surface area contributed by atoms with Crippen molar-refractivity contribution in [3.63, 3.8) is 0 Å². The molecule has 0 bridgehead atoms. The SMILES string of the molecule is Cc1cc(Br)ccc1Nc1cnc(C(C)C)nc1C(=O)O. The molecule has 2 aromatic rings. The summed E-state index contributed by atoms with van der Waals surface area (Å²) < 4.78 is 0.968. The maximum Gasteiger partial charge on any atom is 0.356 e. The molecule has 0 fully saturated rings. The molecule has 110 valence electrons. The summed E-state index contributed by atoms with van der Waals surface area (Å²) in [4.78, 5) is 19.7. The van der Waals surface area contributed by atoms with E-state index in [1.165, 1.54) is 6.20 Å². The third-order valence-corrected chi connectivity index (χ3v) is 3.48. The summed E-state index contributed by atoms with van der Waals surface area (Å²) in [6, 6.07) is 5.71. The molecule has 0 spiro atoms. The molecular weight excluding hydrogens is 334 g/mol. The topological polar surface area (TPSA) is 75.1 Å². The number of nitrogens with zero attached hydrogens (tertiary/aromatic N) is 2. The molecule has 0 aliphatic heterocycles. The lowest BCUT2D eigenvalue weighted by molar-refractivity contribution is 0.0691. The van der Waals surface area contributed by atoms with Crippen LogP contribution in [-0.4, -0.2) is 21.0 Å². The Morgan fingerprint density at radius 1 is 1.33 bits per heavy atom. The second kappa shape index (κ2) is 6.22. The van der Waals surface area contributed by atoms with Gasteiger partial charge in [0.15, 0.2) is 5.69 Å². The molecule has 0 amide bonds. The maximum atomic E-state index is 11.4. The lowest BCUT2D eigenvalue weighted by Gasteiger charge is -2.13. The van der Waals surface area contributed by atoms with Crippen LogP contribution in [0.4, 0.5) is 11.4 Å². The van der Waals surface area contributed by atoms with E-state index in [0.717, 1.165) is 15.7 Å². The molecule has 0 aliphatic carbocycles. The zero-order chi connectivity index (χ0) is 15.6. The van der Waals surface area contributed by atoms with E-state index in [0.29, 0.717) is 11.5 Å². The molecule has 1 aromatic heterocycles. The van der Waals surface area contributed by atoms with Gasteiger partial charge in [-0.3, -0.25) is 0 Å². The monoisotopic (exact) mass is 349 g/mol. The number of carbonyl (C=O) groups is 1. The number of aryl methyl sites for hydroxylation is 1. The summed E-state index contributed by atoms with van der Waals surface area (Å²) in [5, 5.41) is 12.4. The van der Waals surface area contributed by atoms with Crippen molar-refractivity contribution in [2.24, 2.45) is 0 Å². The molecule has 1 aromatic carbocycles. The minimum atomic E-state index is -1.07. The predicted molar refractivity (Wildman–Crippen MR) is 85.2 cm³/mol. The molecule has 2 rings (SSSR count). The highest BCUT2D eigenvalue weighted by Crippen LogP contribution is 2.25. The Kier molecular flexibility index (Phi) is 4.57. The molecule has 0 saturated carbocycles. The summed E-state index contributed by atoms with van der Waals surface area (Å²) in [5.74, 6) is -0.478. The second-order valence-corrected chi connectivity index (χ2v) is 5.95. The van der Waals surface area contributed by atoms with Crippen LogP contribution >= 0.6 is 15.9 Å². The van der Waals surface area contributed by atoms with Crippen LogP contribution in [-0.2, 0) is 0 Å². The van der Waals surface area contributed by atoms with Crippen molar-refractivity contribution in [3.8, 4) is 0 Å². The van der Waals surface area contributed by atoms with Gasteiger partial charge in [-0.1, -0.05) is 29.8 Å². The highest BCUT2D eigenvalue weighted by Gasteiger charge is 2.16. The Balaban J connectivity index is 2.41. The highest BCUT2D eigenvalue weighted by atomic mass is 79.9. The standard InChI is InChI=1S/C15H16BrN3O2/c1-8(2)14-17-7-12(13(19-14)15(20)21)18-11-5-4-10(16)6-9(11)3/h4-8,18H,1-3H3,(H,20,21). The smallest absolute Gasteiger partial charge is 0.356 e. The van der Waals surface area contributed by atoms with Gasteiger partial charge in [0.2, 0.25) is 0 Å². The Hall–Kier alpha value is -1.95. The van der Waals surface area contributed by atoms with Crippen molar-refractivity contribution in [1.82, 2.24) is 9.97 Å². The number of carboxylic acid groups (broad SMARTS) is 1. The number of rotatable bonds is 4. The fraction of sp³-hybridized carbons (Fsp3) is 0.267. The van der Waals surface area contributed by atoms with Crippen LogP contribution in [0.5, 0.6) is 0 Å². The van der Waals surface area contributed by atoms with Gasteiger partial charge in [0.1, 0.15) is 5.82 Å². The van der Waals surface area contributed by atoms with Gasteiger partial charge in [-0.15, -0.1) is 0 Å². The first-order valence-electron chi connectivity index (χ1n) is 6.52. The first-order valence-corrected chi connectivity index (χ1v) is 7.31. The van der Waals surface area contributed by atoms with Crippen molar-refractivity contribution in [1.29, 1.82) is 0 Å². The van der Waals surface area contributed by atoms with Crippen molar-refractivity contribution < 1.29 is 9.90 Å². The van der Waals surface area contributed by atoms with E-state index in [2.05, 4.69) is 31.2 Å². The number of halogens is 1. The van der Waals surface area contributed by atoms with Crippen LogP contribution in [0.15, 0.2) is 28.9 Å². The van der Waals surface area contributed by atoms with Gasteiger partial charge in [-0.2, -0.15) is 0 Å². The maximum absolute atomic E-state index is 11.4. The van der Waals surface area contributed by atoms with Crippen molar-refractivity contribution in [2.45, 2.75) is 26.7 Å². The molecule has 5 nitrogen and oxygen atoms in total. The first-order chi connectivity index (χ1) is 9.88. The number of hydrogen-bond acceptors (Lipinski definition) is 4. The average molecular weight is 350 g/mol. The summed E-state index contributed by atoms with van der Waals surface area (Å²) in [6.07, 6.45) is 1.52. The van der Waals surface area contributed by atoms with Crippen LogP contribution in [0.3, 0.4) is 0 Å². The van der Waals surface area contributed by atoms with Crippen LogP contribution in [0.2, 0.25) is 0 Å². The number of anilines is 2. The number of nitrogens with one attached hydrogen (secondary N) is 1. The normalized spacial score (nSPS) is 10.7. The summed E-state index contributed by atoms with van der Waals surface area (Å²) >= 11 is 3.40. The largest absolute Gasteiger partial charge is 0.476 e. The molecule has 1 heterocycles. The van der Waals surface area contributed by atoms with Gasteiger partial charge < -0.3 is 10.4 Å². The third-order valence-electron chi connectivity index (χ3n) is 2.98. The van der Waals surface area contributed by atoms with Crippen LogP contribution in [0, 0.1) is 6.92 Å². The molecule has 21 heavy (non-hydrogen) atoms. The van der Waals surface area contributed by atoms with Crippen molar-refractivity contribution in [3.05, 3.63) is 46.0 Å². The van der Waals surface area contributed by atoms with Gasteiger partial charge in [0.25, 0.3) is 0 Å². The zero-order valence-electron chi connectivity index (χ0n) is 12.0. The van der Waals surface area contributed by atoms with E-state index in [-0.39, 0.29) is 11.6 Å². The number of aromatic nitrogens is 2. The number of aromatic carboxylic acids is 1. The molecule has 0 atom stereocenters. The van der Waals surface area contributed by atoms with E-state index in [9.17, 15) is 9.90 Å². The summed E-state index contributed by atoms with van der Waals surface area (Å²) in [6.45, 7) is 5.79. The van der Waals surface area contributed by atoms with Gasteiger partial charge in [0.05, 0.1) is 11.9 Å². The molecule has 6 heteroatoms. The second-order valence-electron chi connectivity index (χ2n) is 5.03. The third kappa shape index (κ3) is 3.58. The van der Waals surface area contributed by atoms with Gasteiger partial charge in [-0.25, -0.2) is 14.8 Å². The Labute approximate surface area is 131 Å². The van der Waals surface area contributed by atoms with Crippen molar-refractivity contribution in [2.75, 3.05) is 5.32 Å². The van der Waals surface area contributed by atoms with Gasteiger partial charge >= 0.3 is 5.97 Å². The van der Waals surface area contributed by atoms with E-state index in [1.54, 1.807) is 0 Å². The first kappa shape index (κ1) is 15.4. The van der Waals surface area contributed by atoms with Gasteiger partial charge in [-0.05, 0) is 30.7 Å². The molecule has 0 unspecified atom stereocenters. The van der Waals surface area contributed by atoms with E-state index in [1.807, 2.05) is 39.0 Å². The summed E-state index contributed by atoms with van der Waals surface area (Å²) in [7, 11) is 0. The highest BCUT2D eigenvalue weighted by molar-refractivity contribution is 9.10. The number of hydrogen-bond donors (Lipinski definition) is 2. The number of carboxylic acids is 1. The van der Waals surface area contributed by atoms with E-state index in [4.69, 9.17) is 0 Å². The fourth-order valence-electron chi connectivity index (χ4n) is 1.84. The minimum Gasteiger partial charge on any atom is -0.476 e. The molecule has 0 aliphatic rings. The lowest BCUT2D eigenvalue weighted by Crippen LogP contribution is -2.10. The predicted octanol–water partition coefficient (Wildman–Crippen LogP) is 4.11. The Morgan fingerprint density at radius 3 is 2.62 bits per heavy atom. The molecule has 2 N–H and O–H groups in total. The van der Waals surface area contributed by atoms with E-state index >= 15 is 0 Å². The van der Waals surface area contributed by atoms with E-state index < -0.39 is 5.97 Å². The molecule has 0 saturated heterocycles. The fourth-order valence-corrected chi connectivity index (χ4v) is 2.32. The molecule has 0 radical (unpaired) electrons. The van der Waals surface area contributed by atoms with Crippen LogP contribution in [0.25, 0.3) is 0 Å². The minimum absolute atomic E-state index is 0.0176. The van der Waals surface area contributed by atoms with Crippen LogP contribution in [0.1, 0.15) is 41.6 Å². The Morgan fingerprint density at radius 2 is 2.05 bits per heavy atom. The lowest BCUT2D eigenvalue weighted by atomic mass is 10.2. The average Bonchev–Trinajstić information content (AvgIpc) is 2.41. The zero-order valence-corrected chi connectivity index (χ0v) is 13.6. The van der Waals surface area contributed by atoms with Crippen molar-refractivity contribution >= 4 is 33.3 Å². The molecular formula is C15H16BrN3O2. The van der Waals surface area contributed by atoms with Gasteiger partial charge in [0, 0.05) is 16.1 Å². The summed E-state index contributed by atoms with van der Waals surface area (Å²) in [5.41, 5.74) is 2.18. The quantitative estimate of drug-likeness (QED) is 0.868. The Bertz CT molecular complexity index is 687.